The molecule has 1 aromatic heterocycles. The fraction of sp³-hybridized carbons (Fsp3) is 0.304. The van der Waals surface area contributed by atoms with Crippen LogP contribution in [0.25, 0.3) is 11.3 Å². The van der Waals surface area contributed by atoms with Crippen LogP contribution in [0.4, 0.5) is 13.2 Å². The van der Waals surface area contributed by atoms with Crippen molar-refractivity contribution in [2.75, 3.05) is 7.11 Å². The third-order valence-corrected chi connectivity index (χ3v) is 5.66. The van der Waals surface area contributed by atoms with E-state index in [9.17, 15) is 18.0 Å². The van der Waals surface area contributed by atoms with Crippen LogP contribution in [0.1, 0.15) is 40.9 Å². The van der Waals surface area contributed by atoms with Crippen LogP contribution >= 0.6 is 0 Å². The van der Waals surface area contributed by atoms with Crippen molar-refractivity contribution in [1.82, 2.24) is 15.1 Å². The van der Waals surface area contributed by atoms with Gasteiger partial charge in [-0.1, -0.05) is 13.0 Å². The van der Waals surface area contributed by atoms with Gasteiger partial charge in [0, 0.05) is 41.8 Å². The maximum Gasteiger partial charge on any atom is 0.251 e. The largest absolute Gasteiger partial charge is 0.497 e. The third kappa shape index (κ3) is 3.89. The molecule has 2 aromatic carbocycles. The smallest absolute Gasteiger partial charge is 0.251 e. The summed E-state index contributed by atoms with van der Waals surface area (Å²) < 4.78 is 48.5. The lowest BCUT2D eigenvalue weighted by atomic mass is 9.83. The summed E-state index contributed by atoms with van der Waals surface area (Å²) in [7, 11) is 3.17. The van der Waals surface area contributed by atoms with Crippen LogP contribution in [-0.4, -0.2) is 28.8 Å². The summed E-state index contributed by atoms with van der Waals surface area (Å²) in [6, 6.07) is 8.01. The minimum absolute atomic E-state index is 0.00679. The van der Waals surface area contributed by atoms with Gasteiger partial charge in [0.2, 0.25) is 0 Å². The van der Waals surface area contributed by atoms with Crippen molar-refractivity contribution in [3.05, 3.63) is 70.7 Å². The normalized spacial score (nSPS) is 17.9. The molecule has 1 N–H and O–H groups in total. The van der Waals surface area contributed by atoms with Crippen LogP contribution in [0.5, 0.6) is 5.75 Å². The number of halogens is 3. The maximum absolute atomic E-state index is 14.5. The van der Waals surface area contributed by atoms with Crippen LogP contribution < -0.4 is 10.1 Å². The predicted molar refractivity (Wildman–Crippen MR) is 110 cm³/mol. The number of nitrogens with zero attached hydrogens (tertiary/aromatic N) is 2. The Morgan fingerprint density at radius 3 is 2.65 bits per heavy atom. The van der Waals surface area contributed by atoms with Gasteiger partial charge in [-0.3, -0.25) is 9.48 Å². The zero-order valence-electron chi connectivity index (χ0n) is 17.4. The first-order valence-corrected chi connectivity index (χ1v) is 9.94. The molecule has 8 heteroatoms. The van der Waals surface area contributed by atoms with E-state index in [0.717, 1.165) is 17.3 Å². The van der Waals surface area contributed by atoms with E-state index < -0.39 is 17.5 Å². The molecule has 1 aliphatic rings. The molecular weight excluding hydrogens is 407 g/mol. The highest BCUT2D eigenvalue weighted by Crippen LogP contribution is 2.38. The van der Waals surface area contributed by atoms with Crippen LogP contribution in [0.3, 0.4) is 0 Å². The molecule has 31 heavy (non-hydrogen) atoms. The van der Waals surface area contributed by atoms with Crippen molar-refractivity contribution in [1.29, 1.82) is 0 Å². The van der Waals surface area contributed by atoms with Crippen LogP contribution in [0.2, 0.25) is 0 Å². The number of benzene rings is 2. The van der Waals surface area contributed by atoms with Gasteiger partial charge in [-0.05, 0) is 37.1 Å². The highest BCUT2D eigenvalue weighted by molar-refractivity contribution is 5.94. The van der Waals surface area contributed by atoms with Crippen LogP contribution in [0, 0.1) is 17.5 Å². The fourth-order valence-electron chi connectivity index (χ4n) is 4.24. The van der Waals surface area contributed by atoms with E-state index in [0.29, 0.717) is 35.9 Å². The van der Waals surface area contributed by atoms with E-state index in [-0.39, 0.29) is 23.4 Å². The summed E-state index contributed by atoms with van der Waals surface area (Å²) in [5.41, 5.74) is 2.30. The number of nitrogens with one attached hydrogen (secondary N) is 1. The molecular formula is C23H22F3N3O2. The highest BCUT2D eigenvalue weighted by atomic mass is 19.2. The van der Waals surface area contributed by atoms with Gasteiger partial charge in [0.25, 0.3) is 5.91 Å². The predicted octanol–water partition coefficient (Wildman–Crippen LogP) is 4.36. The molecule has 0 radical (unpaired) electrons. The molecule has 0 saturated heterocycles. The molecule has 0 fully saturated rings. The molecule has 3 aromatic rings. The Labute approximate surface area is 177 Å². The summed E-state index contributed by atoms with van der Waals surface area (Å²) >= 11 is 0. The lowest BCUT2D eigenvalue weighted by molar-refractivity contribution is 0.0931. The van der Waals surface area contributed by atoms with Crippen LogP contribution in [0.15, 0.2) is 36.4 Å². The van der Waals surface area contributed by atoms with Gasteiger partial charge in [0.15, 0.2) is 11.6 Å². The first kappa shape index (κ1) is 21.0. The number of amides is 1. The lowest BCUT2D eigenvalue weighted by Crippen LogP contribution is -2.39. The molecule has 1 aliphatic carbocycles. The van der Waals surface area contributed by atoms with Crippen molar-refractivity contribution in [2.45, 2.75) is 31.7 Å². The summed E-state index contributed by atoms with van der Waals surface area (Å²) in [5.74, 6) is -2.90. The standard InChI is InChI=1S/C23H22F3N3O2/c1-12-7-14(27-23(30)13-5-4-6-15(8-13)31-3)9-17-21(12)28-29(2)22(17)16-10-19(25)20(26)11-18(16)24/h4-6,8,10-12,14H,7,9H2,1-3H3,(H,27,30). The van der Waals surface area contributed by atoms with Gasteiger partial charge in [0.1, 0.15) is 11.6 Å². The Balaban J connectivity index is 1.66. The summed E-state index contributed by atoms with van der Waals surface area (Å²) in [6.07, 6.45) is 1.05. The number of carbonyl (C=O) groups is 1. The van der Waals surface area contributed by atoms with Crippen molar-refractivity contribution in [2.24, 2.45) is 7.05 Å². The van der Waals surface area contributed by atoms with E-state index in [4.69, 9.17) is 4.74 Å². The molecule has 2 atom stereocenters. The molecule has 4 rings (SSSR count). The molecule has 5 nitrogen and oxygen atoms in total. The van der Waals surface area contributed by atoms with Gasteiger partial charge in [0.05, 0.1) is 18.5 Å². The second-order valence-corrected chi connectivity index (χ2v) is 7.83. The Morgan fingerprint density at radius 2 is 1.90 bits per heavy atom. The van der Waals surface area contributed by atoms with Gasteiger partial charge in [-0.2, -0.15) is 5.10 Å². The van der Waals surface area contributed by atoms with Crippen LogP contribution in [-0.2, 0) is 13.5 Å². The molecule has 0 bridgehead atoms. The fourth-order valence-corrected chi connectivity index (χ4v) is 4.24. The number of rotatable bonds is 4. The number of hydrogen-bond donors (Lipinski definition) is 1. The van der Waals surface area contributed by atoms with Gasteiger partial charge >= 0.3 is 0 Å². The number of ether oxygens (including phenoxy) is 1. The monoisotopic (exact) mass is 429 g/mol. The zero-order valence-corrected chi connectivity index (χ0v) is 17.4. The second kappa shape index (κ2) is 8.09. The lowest BCUT2D eigenvalue weighted by Gasteiger charge is -2.27. The average molecular weight is 429 g/mol. The Bertz CT molecular complexity index is 1160. The summed E-state index contributed by atoms with van der Waals surface area (Å²) in [6.45, 7) is 1.97. The minimum atomic E-state index is -1.24. The maximum atomic E-state index is 14.5. The molecule has 1 amide bonds. The van der Waals surface area contributed by atoms with Crippen molar-refractivity contribution < 1.29 is 22.7 Å². The Kier molecular flexibility index (Phi) is 5.47. The number of methoxy groups -OCH3 is 1. The molecule has 0 aliphatic heterocycles. The number of aryl methyl sites for hydroxylation is 1. The summed E-state index contributed by atoms with van der Waals surface area (Å²) in [4.78, 5) is 12.8. The number of hydrogen-bond acceptors (Lipinski definition) is 3. The van der Waals surface area contributed by atoms with E-state index in [2.05, 4.69) is 10.4 Å². The quantitative estimate of drug-likeness (QED) is 0.627. The van der Waals surface area contributed by atoms with Gasteiger partial charge < -0.3 is 10.1 Å². The molecule has 162 valence electrons. The SMILES string of the molecule is COc1cccc(C(=O)NC2Cc3c(nn(C)c3-c3cc(F)c(F)cc3F)C(C)C2)c1. The number of aromatic nitrogens is 2. The van der Waals surface area contributed by atoms with Crippen molar-refractivity contribution >= 4 is 5.91 Å². The number of carbonyl (C=O) groups excluding carboxylic acids is 1. The van der Waals surface area contributed by atoms with E-state index in [1.165, 1.54) is 11.8 Å². The number of fused-ring (bicyclic) bond motifs is 1. The Hall–Kier alpha value is -3.29. The van der Waals surface area contributed by atoms with Crippen molar-refractivity contribution in [3.8, 4) is 17.0 Å². The van der Waals surface area contributed by atoms with Crippen molar-refractivity contribution in [3.63, 3.8) is 0 Å². The molecule has 2 unspecified atom stereocenters. The van der Waals surface area contributed by atoms with E-state index in [1.807, 2.05) is 6.92 Å². The van der Waals surface area contributed by atoms with Gasteiger partial charge in [-0.25, -0.2) is 13.2 Å². The Morgan fingerprint density at radius 1 is 1.16 bits per heavy atom. The third-order valence-electron chi connectivity index (χ3n) is 5.66. The zero-order chi connectivity index (χ0) is 22.3. The molecule has 1 heterocycles. The average Bonchev–Trinajstić information content (AvgIpc) is 3.07. The minimum Gasteiger partial charge on any atom is -0.497 e. The molecule has 0 saturated carbocycles. The van der Waals surface area contributed by atoms with E-state index in [1.54, 1.807) is 31.3 Å². The first-order chi connectivity index (χ1) is 14.8. The highest BCUT2D eigenvalue weighted by Gasteiger charge is 2.32. The van der Waals surface area contributed by atoms with Gasteiger partial charge in [-0.15, -0.1) is 0 Å². The second-order valence-electron chi connectivity index (χ2n) is 7.83. The first-order valence-electron chi connectivity index (χ1n) is 9.94. The topological polar surface area (TPSA) is 56.1 Å². The summed E-state index contributed by atoms with van der Waals surface area (Å²) in [5, 5.41) is 7.52. The molecule has 0 spiro atoms. The van der Waals surface area contributed by atoms with E-state index >= 15 is 0 Å².